The highest BCUT2D eigenvalue weighted by atomic mass is 14.7. The van der Waals surface area contributed by atoms with E-state index in [4.69, 9.17) is 0 Å². The summed E-state index contributed by atoms with van der Waals surface area (Å²) in [6.07, 6.45) is 25.2. The summed E-state index contributed by atoms with van der Waals surface area (Å²) < 4.78 is 0. The lowest BCUT2D eigenvalue weighted by Gasteiger charge is -2.69. The van der Waals surface area contributed by atoms with Crippen molar-refractivity contribution in [1.29, 1.82) is 0 Å². The van der Waals surface area contributed by atoms with Gasteiger partial charge in [0.2, 0.25) is 0 Å². The zero-order valence-electron chi connectivity index (χ0n) is 19.5. The monoisotopic (exact) mass is 382 g/mol. The normalized spacial score (nSPS) is 61.3. The van der Waals surface area contributed by atoms with Crippen molar-refractivity contribution in [3.05, 3.63) is 0 Å². The van der Waals surface area contributed by atoms with Crippen molar-refractivity contribution >= 4 is 0 Å². The van der Waals surface area contributed by atoms with Crippen molar-refractivity contribution in [1.82, 2.24) is 0 Å². The molecule has 8 aliphatic rings. The maximum absolute atomic E-state index is 2.69. The maximum atomic E-state index is 2.69. The molecule has 8 fully saturated rings. The second-order valence-electron chi connectivity index (χ2n) is 14.8. The molecule has 0 N–H and O–H groups in total. The van der Waals surface area contributed by atoms with Crippen molar-refractivity contribution in [3.63, 3.8) is 0 Å². The molecule has 0 aromatic carbocycles. The molecule has 0 saturated heterocycles. The molecule has 8 unspecified atom stereocenters. The predicted octanol–water partition coefficient (Wildman–Crippen LogP) is 8.54. The van der Waals surface area contributed by atoms with Gasteiger partial charge in [-0.05, 0) is 134 Å². The molecule has 0 spiro atoms. The Morgan fingerprint density at radius 2 is 0.857 bits per heavy atom. The SMILES string of the molecule is CCC12CC3CC(C)(C1)CC(CCC14CC5CC(C)(CC(CC)(C5)C1)C4)(C3)C2. The van der Waals surface area contributed by atoms with Crippen molar-refractivity contribution in [2.75, 3.05) is 0 Å². The summed E-state index contributed by atoms with van der Waals surface area (Å²) in [7, 11) is 0. The smallest absolute Gasteiger partial charge is 0.0284 e. The van der Waals surface area contributed by atoms with E-state index in [1.165, 1.54) is 12.8 Å². The first-order chi connectivity index (χ1) is 13.1. The zero-order chi connectivity index (χ0) is 19.5. The van der Waals surface area contributed by atoms with Gasteiger partial charge in [0.05, 0.1) is 0 Å². The third kappa shape index (κ3) is 2.60. The molecule has 0 heterocycles. The van der Waals surface area contributed by atoms with Crippen molar-refractivity contribution in [3.8, 4) is 0 Å². The summed E-state index contributed by atoms with van der Waals surface area (Å²) >= 11 is 0. The summed E-state index contributed by atoms with van der Waals surface area (Å²) in [5.41, 5.74) is 4.38. The molecule has 0 nitrogen and oxygen atoms in total. The molecule has 0 heteroatoms. The van der Waals surface area contributed by atoms with Gasteiger partial charge in [0.15, 0.2) is 0 Å². The van der Waals surface area contributed by atoms with Crippen LogP contribution < -0.4 is 0 Å². The van der Waals surface area contributed by atoms with E-state index in [0.29, 0.717) is 10.8 Å². The van der Waals surface area contributed by atoms with Crippen LogP contribution >= 0.6 is 0 Å². The van der Waals surface area contributed by atoms with E-state index >= 15 is 0 Å². The van der Waals surface area contributed by atoms with Crippen molar-refractivity contribution in [2.45, 2.75) is 130 Å². The number of rotatable bonds is 5. The minimum Gasteiger partial charge on any atom is -0.0649 e. The summed E-state index contributed by atoms with van der Waals surface area (Å²) in [4.78, 5) is 0. The standard InChI is InChI=1S/C28H46/c1-5-25-11-21-9-23(3,15-25)17-27(13-21,19-25)7-8-28-14-22-10-24(4,18-28)16-26(6-2,12-22)20-28/h21-22H,5-20H2,1-4H3. The lowest BCUT2D eigenvalue weighted by molar-refractivity contribution is -0.179. The Labute approximate surface area is 175 Å². The van der Waals surface area contributed by atoms with E-state index in [-0.39, 0.29) is 0 Å². The summed E-state index contributed by atoms with van der Waals surface area (Å²) in [6, 6.07) is 0. The Bertz CT molecular complexity index is 622. The fourth-order valence-electron chi connectivity index (χ4n) is 12.6. The highest BCUT2D eigenvalue weighted by Crippen LogP contribution is 2.75. The third-order valence-corrected chi connectivity index (χ3v) is 11.8. The van der Waals surface area contributed by atoms with Gasteiger partial charge in [0.1, 0.15) is 0 Å². The van der Waals surface area contributed by atoms with E-state index in [1.54, 1.807) is 89.9 Å². The topological polar surface area (TPSA) is 0 Å². The Hall–Kier alpha value is 0. The van der Waals surface area contributed by atoms with E-state index in [1.807, 2.05) is 0 Å². The Balaban J connectivity index is 1.26. The van der Waals surface area contributed by atoms with Crippen LogP contribution in [-0.4, -0.2) is 0 Å². The molecular formula is C28H46. The molecule has 8 bridgehead atoms. The first kappa shape index (κ1) is 18.7. The highest BCUT2D eigenvalue weighted by molar-refractivity contribution is 5.14. The van der Waals surface area contributed by atoms with E-state index < -0.39 is 0 Å². The van der Waals surface area contributed by atoms with Crippen LogP contribution in [0.4, 0.5) is 0 Å². The molecule has 28 heavy (non-hydrogen) atoms. The average Bonchev–Trinajstić information content (AvgIpc) is 2.56. The van der Waals surface area contributed by atoms with Crippen LogP contribution in [0.1, 0.15) is 130 Å². The number of hydrogen-bond acceptors (Lipinski definition) is 0. The molecule has 8 aliphatic carbocycles. The molecule has 0 amide bonds. The Morgan fingerprint density at radius 1 is 0.500 bits per heavy atom. The van der Waals surface area contributed by atoms with E-state index in [9.17, 15) is 0 Å². The van der Waals surface area contributed by atoms with Crippen molar-refractivity contribution < 1.29 is 0 Å². The van der Waals surface area contributed by atoms with Gasteiger partial charge in [0, 0.05) is 0 Å². The molecule has 0 aliphatic heterocycles. The first-order valence-corrected chi connectivity index (χ1v) is 13.1. The van der Waals surface area contributed by atoms with Crippen LogP contribution in [-0.2, 0) is 0 Å². The van der Waals surface area contributed by atoms with Crippen LogP contribution in [0.25, 0.3) is 0 Å². The van der Waals surface area contributed by atoms with Crippen LogP contribution in [0, 0.1) is 44.3 Å². The largest absolute Gasteiger partial charge is 0.0649 e. The van der Waals surface area contributed by atoms with Gasteiger partial charge in [0.25, 0.3) is 0 Å². The number of hydrogen-bond donors (Lipinski definition) is 0. The fraction of sp³-hybridized carbons (Fsp3) is 1.00. The van der Waals surface area contributed by atoms with Crippen LogP contribution in [0.3, 0.4) is 0 Å². The maximum Gasteiger partial charge on any atom is -0.0284 e. The van der Waals surface area contributed by atoms with Crippen molar-refractivity contribution in [2.24, 2.45) is 44.3 Å². The predicted molar refractivity (Wildman–Crippen MR) is 118 cm³/mol. The van der Waals surface area contributed by atoms with Gasteiger partial charge in [-0.15, -0.1) is 0 Å². The summed E-state index contributed by atoms with van der Waals surface area (Å²) in [6.45, 7) is 10.4. The van der Waals surface area contributed by atoms with Gasteiger partial charge >= 0.3 is 0 Å². The van der Waals surface area contributed by atoms with Gasteiger partial charge in [-0.2, -0.15) is 0 Å². The molecule has 158 valence electrons. The molecular weight excluding hydrogens is 336 g/mol. The fourth-order valence-corrected chi connectivity index (χ4v) is 12.6. The molecule has 0 radical (unpaired) electrons. The zero-order valence-corrected chi connectivity index (χ0v) is 19.5. The third-order valence-electron chi connectivity index (χ3n) is 11.8. The summed E-state index contributed by atoms with van der Waals surface area (Å²) in [5.74, 6) is 2.16. The average molecular weight is 383 g/mol. The van der Waals surface area contributed by atoms with Gasteiger partial charge in [-0.1, -0.05) is 40.5 Å². The minimum atomic E-state index is 0.702. The molecule has 8 rings (SSSR count). The molecule has 8 saturated carbocycles. The summed E-state index contributed by atoms with van der Waals surface area (Å²) in [5, 5.41) is 0. The van der Waals surface area contributed by atoms with Crippen LogP contribution in [0.15, 0.2) is 0 Å². The van der Waals surface area contributed by atoms with Crippen LogP contribution in [0.2, 0.25) is 0 Å². The van der Waals surface area contributed by atoms with E-state index in [0.717, 1.165) is 33.5 Å². The Kier molecular flexibility index (Phi) is 3.63. The Morgan fingerprint density at radius 3 is 1.21 bits per heavy atom. The second kappa shape index (κ2) is 5.43. The molecule has 0 aromatic rings. The molecule has 8 atom stereocenters. The molecule has 0 aromatic heterocycles. The first-order valence-electron chi connectivity index (χ1n) is 13.1. The van der Waals surface area contributed by atoms with E-state index in [2.05, 4.69) is 27.7 Å². The van der Waals surface area contributed by atoms with Crippen LogP contribution in [0.5, 0.6) is 0 Å². The quantitative estimate of drug-likeness (QED) is 0.447. The van der Waals surface area contributed by atoms with Gasteiger partial charge in [-0.25, -0.2) is 0 Å². The highest BCUT2D eigenvalue weighted by Gasteiger charge is 2.63. The van der Waals surface area contributed by atoms with Gasteiger partial charge in [-0.3, -0.25) is 0 Å². The lowest BCUT2D eigenvalue weighted by atomic mass is 9.36. The van der Waals surface area contributed by atoms with Gasteiger partial charge < -0.3 is 0 Å². The second-order valence-corrected chi connectivity index (χ2v) is 14.8. The minimum absolute atomic E-state index is 0.702. The lowest BCUT2D eigenvalue weighted by Crippen LogP contribution is -2.57.